The average Bonchev–Trinajstić information content (AvgIpc) is 3.68. The molecular weight excluding hydrogens is 629 g/mol. The van der Waals surface area contributed by atoms with E-state index in [0.29, 0.717) is 0 Å². The third-order valence-corrected chi connectivity index (χ3v) is 11.2. The van der Waals surface area contributed by atoms with Gasteiger partial charge in [0.25, 0.3) is 0 Å². The molecule has 2 nitrogen and oxygen atoms in total. The van der Waals surface area contributed by atoms with E-state index in [2.05, 4.69) is 199 Å². The lowest BCUT2D eigenvalue weighted by molar-refractivity contribution is 0.768. The first-order valence-corrected chi connectivity index (χ1v) is 18.0. The van der Waals surface area contributed by atoms with Crippen molar-refractivity contribution in [2.75, 3.05) is 0 Å². The number of rotatable bonds is 3. The number of nitrogens with zero attached hydrogens (tertiary/aromatic N) is 2. The number of hydrogen-bond donors (Lipinski definition) is 0. The molecule has 1 spiro atoms. The van der Waals surface area contributed by atoms with Gasteiger partial charge in [0.2, 0.25) is 0 Å². The molecule has 242 valence electrons. The van der Waals surface area contributed by atoms with Crippen molar-refractivity contribution in [3.05, 3.63) is 215 Å². The van der Waals surface area contributed by atoms with Crippen LogP contribution in [0.3, 0.4) is 0 Å². The second-order valence-corrected chi connectivity index (χ2v) is 13.9. The Morgan fingerprint density at radius 2 is 1.04 bits per heavy atom. The van der Waals surface area contributed by atoms with Crippen LogP contribution in [0.1, 0.15) is 33.4 Å². The molecule has 11 rings (SSSR count). The molecule has 2 aliphatic carbocycles. The summed E-state index contributed by atoms with van der Waals surface area (Å²) in [6, 6.07) is 66.5. The Hall–Kier alpha value is -6.77. The van der Waals surface area contributed by atoms with Crippen molar-refractivity contribution >= 4 is 34.0 Å². The summed E-state index contributed by atoms with van der Waals surface area (Å²) in [5, 5.41) is 2.52. The van der Waals surface area contributed by atoms with E-state index in [9.17, 15) is 0 Å². The van der Waals surface area contributed by atoms with Gasteiger partial charge in [-0.05, 0) is 109 Å². The SMILES string of the molecule is C1=Cc2ccc(-c3ccc4c(c3)nc(-c3ccccc3)n4-c3ccccc3)cc2C2(c3ccccc31)c1ccccc1-c1cc3ccccc3cc12. The highest BCUT2D eigenvalue weighted by atomic mass is 15.1. The van der Waals surface area contributed by atoms with Gasteiger partial charge in [-0.25, -0.2) is 4.98 Å². The molecule has 52 heavy (non-hydrogen) atoms. The largest absolute Gasteiger partial charge is 0.292 e. The maximum Gasteiger partial charge on any atom is 0.145 e. The van der Waals surface area contributed by atoms with Crippen LogP contribution in [0.2, 0.25) is 0 Å². The average molecular weight is 661 g/mol. The summed E-state index contributed by atoms with van der Waals surface area (Å²) in [5.74, 6) is 0.938. The van der Waals surface area contributed by atoms with Crippen LogP contribution in [0, 0.1) is 0 Å². The minimum Gasteiger partial charge on any atom is -0.292 e. The van der Waals surface area contributed by atoms with Crippen molar-refractivity contribution < 1.29 is 0 Å². The molecule has 1 aromatic heterocycles. The zero-order valence-electron chi connectivity index (χ0n) is 28.4. The standard InChI is InChI=1S/C50H32N2/c1-3-14-35(15-4-1)49-51-47-32-39(27-28-48(47)52(49)40-18-5-2-6-19-40)38-26-25-34-24-23-33-13-9-11-21-43(33)50(45(34)30-38)44-22-12-10-20-41(44)42-29-36-16-7-8-17-37(36)31-46(42)50/h1-32H. The molecule has 9 aromatic rings. The molecule has 1 heterocycles. The Morgan fingerprint density at radius 1 is 0.404 bits per heavy atom. The lowest BCUT2D eigenvalue weighted by Gasteiger charge is -2.35. The highest BCUT2D eigenvalue weighted by Crippen LogP contribution is 2.59. The maximum atomic E-state index is 5.29. The van der Waals surface area contributed by atoms with E-state index < -0.39 is 5.41 Å². The normalized spacial score (nSPS) is 15.3. The quantitative estimate of drug-likeness (QED) is 0.184. The van der Waals surface area contributed by atoms with Gasteiger partial charge in [-0.1, -0.05) is 152 Å². The Morgan fingerprint density at radius 3 is 1.87 bits per heavy atom. The molecule has 0 amide bonds. The van der Waals surface area contributed by atoms with Crippen molar-refractivity contribution in [2.24, 2.45) is 0 Å². The number of benzene rings is 8. The van der Waals surface area contributed by atoms with Crippen LogP contribution in [0.25, 0.3) is 73.3 Å². The molecule has 1 atom stereocenters. The van der Waals surface area contributed by atoms with Crippen molar-refractivity contribution in [1.29, 1.82) is 0 Å². The summed E-state index contributed by atoms with van der Waals surface area (Å²) in [7, 11) is 0. The van der Waals surface area contributed by atoms with E-state index in [1.165, 1.54) is 60.8 Å². The van der Waals surface area contributed by atoms with Crippen LogP contribution >= 0.6 is 0 Å². The number of hydrogen-bond acceptors (Lipinski definition) is 1. The van der Waals surface area contributed by atoms with E-state index in [4.69, 9.17) is 4.98 Å². The van der Waals surface area contributed by atoms with Crippen LogP contribution in [0.15, 0.2) is 182 Å². The Balaban J connectivity index is 1.17. The Kier molecular flexibility index (Phi) is 6.20. The minimum absolute atomic E-state index is 0.499. The Labute approximate surface area is 302 Å². The van der Waals surface area contributed by atoms with Gasteiger partial charge in [0.05, 0.1) is 16.4 Å². The van der Waals surface area contributed by atoms with Crippen LogP contribution in [-0.4, -0.2) is 9.55 Å². The van der Waals surface area contributed by atoms with Crippen molar-refractivity contribution in [1.82, 2.24) is 9.55 Å². The molecule has 8 aromatic carbocycles. The summed E-state index contributed by atoms with van der Waals surface area (Å²) in [4.78, 5) is 5.29. The predicted molar refractivity (Wildman–Crippen MR) is 216 cm³/mol. The zero-order valence-corrected chi connectivity index (χ0v) is 28.4. The number of fused-ring (bicyclic) bond motifs is 11. The molecule has 2 heteroatoms. The van der Waals surface area contributed by atoms with E-state index in [0.717, 1.165) is 33.7 Å². The van der Waals surface area contributed by atoms with Gasteiger partial charge in [-0.2, -0.15) is 0 Å². The molecule has 0 saturated heterocycles. The fraction of sp³-hybridized carbons (Fsp3) is 0.0200. The monoisotopic (exact) mass is 660 g/mol. The van der Waals surface area contributed by atoms with Gasteiger partial charge < -0.3 is 0 Å². The van der Waals surface area contributed by atoms with E-state index in [-0.39, 0.29) is 0 Å². The fourth-order valence-electron chi connectivity index (χ4n) is 8.94. The summed E-state index contributed by atoms with van der Waals surface area (Å²) in [5.41, 5.74) is 16.4. The van der Waals surface area contributed by atoms with Crippen molar-refractivity contribution in [3.8, 4) is 39.3 Å². The van der Waals surface area contributed by atoms with Gasteiger partial charge in [-0.3, -0.25) is 4.57 Å². The molecule has 0 aliphatic heterocycles. The van der Waals surface area contributed by atoms with Crippen LogP contribution in [-0.2, 0) is 5.41 Å². The minimum atomic E-state index is -0.499. The van der Waals surface area contributed by atoms with Gasteiger partial charge in [0.1, 0.15) is 5.82 Å². The van der Waals surface area contributed by atoms with E-state index >= 15 is 0 Å². The molecular formula is C50H32N2. The number of imidazole rings is 1. The summed E-state index contributed by atoms with van der Waals surface area (Å²) in [6.45, 7) is 0. The molecule has 0 saturated carbocycles. The van der Waals surface area contributed by atoms with Gasteiger partial charge in [0, 0.05) is 11.3 Å². The van der Waals surface area contributed by atoms with Gasteiger partial charge in [0.15, 0.2) is 0 Å². The topological polar surface area (TPSA) is 17.8 Å². The molecule has 0 radical (unpaired) electrons. The number of para-hydroxylation sites is 1. The predicted octanol–water partition coefficient (Wildman–Crippen LogP) is 12.4. The second-order valence-electron chi connectivity index (χ2n) is 13.9. The smallest absolute Gasteiger partial charge is 0.145 e. The maximum absolute atomic E-state index is 5.29. The summed E-state index contributed by atoms with van der Waals surface area (Å²) < 4.78 is 2.28. The molecule has 1 unspecified atom stereocenters. The van der Waals surface area contributed by atoms with Crippen LogP contribution < -0.4 is 0 Å². The highest BCUT2D eigenvalue weighted by Gasteiger charge is 2.48. The zero-order chi connectivity index (χ0) is 34.2. The van der Waals surface area contributed by atoms with Gasteiger partial charge >= 0.3 is 0 Å². The molecule has 2 aliphatic rings. The Bertz CT molecular complexity index is 2900. The second kappa shape index (κ2) is 11.1. The fourth-order valence-corrected chi connectivity index (χ4v) is 8.94. The van der Waals surface area contributed by atoms with Gasteiger partial charge in [-0.15, -0.1) is 0 Å². The van der Waals surface area contributed by atoms with Crippen LogP contribution in [0.4, 0.5) is 0 Å². The lowest BCUT2D eigenvalue weighted by atomic mass is 9.65. The van der Waals surface area contributed by atoms with Crippen molar-refractivity contribution in [3.63, 3.8) is 0 Å². The first kappa shape index (κ1) is 29.0. The highest BCUT2D eigenvalue weighted by molar-refractivity contribution is 5.98. The number of aromatic nitrogens is 2. The first-order valence-electron chi connectivity index (χ1n) is 18.0. The third-order valence-electron chi connectivity index (χ3n) is 11.2. The van der Waals surface area contributed by atoms with Crippen LogP contribution in [0.5, 0.6) is 0 Å². The van der Waals surface area contributed by atoms with E-state index in [1.807, 2.05) is 0 Å². The summed E-state index contributed by atoms with van der Waals surface area (Å²) >= 11 is 0. The first-order chi connectivity index (χ1) is 25.8. The third kappa shape index (κ3) is 4.09. The summed E-state index contributed by atoms with van der Waals surface area (Å²) in [6.07, 6.45) is 4.61. The molecule has 0 bridgehead atoms. The molecule has 0 fully saturated rings. The van der Waals surface area contributed by atoms with E-state index in [1.54, 1.807) is 0 Å². The lowest BCUT2D eigenvalue weighted by Crippen LogP contribution is -2.30. The molecule has 0 N–H and O–H groups in total. The van der Waals surface area contributed by atoms with Crippen molar-refractivity contribution in [2.45, 2.75) is 5.41 Å².